The number of rotatable bonds is 8. The van der Waals surface area contributed by atoms with Crippen LogP contribution in [0.3, 0.4) is 0 Å². The lowest BCUT2D eigenvalue weighted by Gasteiger charge is -2.21. The van der Waals surface area contributed by atoms with Crippen LogP contribution in [-0.4, -0.2) is 16.4 Å². The zero-order chi connectivity index (χ0) is 22.4. The average Bonchev–Trinajstić information content (AvgIpc) is 2.75. The first kappa shape index (κ1) is 22.9. The summed E-state index contributed by atoms with van der Waals surface area (Å²) in [7, 11) is 0. The van der Waals surface area contributed by atoms with E-state index in [2.05, 4.69) is 24.2 Å². The van der Waals surface area contributed by atoms with Crippen LogP contribution in [0.2, 0.25) is 5.02 Å². The molecule has 164 valence electrons. The predicted molar refractivity (Wildman–Crippen MR) is 125 cm³/mol. The second kappa shape index (κ2) is 10.0. The SMILES string of the molecule is CCCCOc1ccc(-c2ccc(COc3cnn(C(C)(C)C)c(=O)c3Cl)cc2)cc1. The third kappa shape index (κ3) is 5.88. The lowest BCUT2D eigenvalue weighted by Crippen LogP contribution is -2.36. The van der Waals surface area contributed by atoms with Crippen LogP contribution in [0.5, 0.6) is 11.5 Å². The summed E-state index contributed by atoms with van der Waals surface area (Å²) < 4.78 is 12.8. The summed E-state index contributed by atoms with van der Waals surface area (Å²) in [5.41, 5.74) is 2.39. The summed E-state index contributed by atoms with van der Waals surface area (Å²) in [6, 6.07) is 16.2. The van der Waals surface area contributed by atoms with Crippen LogP contribution in [0.4, 0.5) is 0 Å². The van der Waals surface area contributed by atoms with Gasteiger partial charge in [0.05, 0.1) is 18.3 Å². The molecular formula is C25H29ClN2O3. The first-order valence-electron chi connectivity index (χ1n) is 10.5. The van der Waals surface area contributed by atoms with Gasteiger partial charge < -0.3 is 9.47 Å². The number of unbranched alkanes of at least 4 members (excludes halogenated alkanes) is 1. The molecule has 5 nitrogen and oxygen atoms in total. The topological polar surface area (TPSA) is 53.4 Å². The van der Waals surface area contributed by atoms with Gasteiger partial charge in [0.1, 0.15) is 12.4 Å². The average molecular weight is 441 g/mol. The summed E-state index contributed by atoms with van der Waals surface area (Å²) >= 11 is 6.22. The van der Waals surface area contributed by atoms with E-state index >= 15 is 0 Å². The van der Waals surface area contributed by atoms with Crippen molar-refractivity contribution in [3.8, 4) is 22.6 Å². The number of hydrogen-bond acceptors (Lipinski definition) is 4. The Balaban J connectivity index is 1.64. The number of halogens is 1. The highest BCUT2D eigenvalue weighted by atomic mass is 35.5. The molecule has 0 fully saturated rings. The molecule has 0 saturated heterocycles. The van der Waals surface area contributed by atoms with Gasteiger partial charge in [-0.25, -0.2) is 4.68 Å². The Hall–Kier alpha value is -2.79. The van der Waals surface area contributed by atoms with Crippen LogP contribution >= 0.6 is 11.6 Å². The highest BCUT2D eigenvalue weighted by Crippen LogP contribution is 2.25. The zero-order valence-corrected chi connectivity index (χ0v) is 19.3. The van der Waals surface area contributed by atoms with Crippen molar-refractivity contribution in [1.29, 1.82) is 0 Å². The minimum atomic E-state index is -0.449. The maximum absolute atomic E-state index is 12.4. The Morgan fingerprint density at radius 3 is 2.16 bits per heavy atom. The van der Waals surface area contributed by atoms with Gasteiger partial charge in [-0.05, 0) is 56.0 Å². The first-order valence-corrected chi connectivity index (χ1v) is 10.9. The van der Waals surface area contributed by atoms with Gasteiger partial charge in [0.25, 0.3) is 5.56 Å². The van der Waals surface area contributed by atoms with Crippen LogP contribution < -0.4 is 15.0 Å². The van der Waals surface area contributed by atoms with Crippen LogP contribution in [0.1, 0.15) is 46.1 Å². The molecule has 0 spiro atoms. The standard InChI is InChI=1S/C25H29ClN2O3/c1-5-6-15-30-21-13-11-20(12-14-21)19-9-7-18(8-10-19)17-31-22-16-27-28(25(2,3)4)24(29)23(22)26/h7-14,16H,5-6,15,17H2,1-4H3. The Morgan fingerprint density at radius 2 is 1.58 bits per heavy atom. The molecule has 0 aliphatic heterocycles. The summed E-state index contributed by atoms with van der Waals surface area (Å²) in [4.78, 5) is 12.4. The number of nitrogens with zero attached hydrogens (tertiary/aromatic N) is 2. The molecule has 1 aromatic heterocycles. The fourth-order valence-electron chi connectivity index (χ4n) is 3.03. The maximum atomic E-state index is 12.4. The van der Waals surface area contributed by atoms with Crippen LogP contribution in [0, 0.1) is 0 Å². The quantitative estimate of drug-likeness (QED) is 0.398. The highest BCUT2D eigenvalue weighted by molar-refractivity contribution is 6.31. The lowest BCUT2D eigenvalue weighted by atomic mass is 10.0. The van der Waals surface area contributed by atoms with Gasteiger partial charge in [-0.15, -0.1) is 0 Å². The van der Waals surface area contributed by atoms with E-state index in [0.29, 0.717) is 6.61 Å². The monoisotopic (exact) mass is 440 g/mol. The molecule has 0 amide bonds. The third-order valence-electron chi connectivity index (χ3n) is 4.82. The normalized spacial score (nSPS) is 11.4. The van der Waals surface area contributed by atoms with Gasteiger partial charge in [-0.2, -0.15) is 5.10 Å². The van der Waals surface area contributed by atoms with Gasteiger partial charge in [0, 0.05) is 0 Å². The van der Waals surface area contributed by atoms with Gasteiger partial charge in [0.15, 0.2) is 10.8 Å². The molecule has 3 rings (SSSR count). The number of aromatic nitrogens is 2. The lowest BCUT2D eigenvalue weighted by molar-refractivity contribution is 0.292. The van der Waals surface area contributed by atoms with Crippen LogP contribution in [0.25, 0.3) is 11.1 Å². The molecule has 3 aromatic rings. The van der Waals surface area contributed by atoms with E-state index in [0.717, 1.165) is 41.9 Å². The molecule has 31 heavy (non-hydrogen) atoms. The Kier molecular flexibility index (Phi) is 7.39. The number of hydrogen-bond donors (Lipinski definition) is 0. The Labute approximate surface area is 188 Å². The van der Waals surface area contributed by atoms with Gasteiger partial charge in [-0.1, -0.05) is 61.3 Å². The predicted octanol–water partition coefficient (Wildman–Crippen LogP) is 6.08. The van der Waals surface area contributed by atoms with Crippen molar-refractivity contribution in [3.05, 3.63) is 75.7 Å². The second-order valence-electron chi connectivity index (χ2n) is 8.42. The second-order valence-corrected chi connectivity index (χ2v) is 8.80. The summed E-state index contributed by atoms with van der Waals surface area (Å²) in [5.74, 6) is 1.18. The number of ether oxygens (including phenoxy) is 2. The molecule has 0 atom stereocenters. The molecule has 2 aromatic carbocycles. The van der Waals surface area contributed by atoms with Crippen molar-refractivity contribution in [1.82, 2.24) is 9.78 Å². The minimum absolute atomic E-state index is 0.0443. The smallest absolute Gasteiger partial charge is 0.289 e. The molecule has 0 saturated carbocycles. The molecule has 0 unspecified atom stereocenters. The van der Waals surface area contributed by atoms with E-state index in [-0.39, 0.29) is 16.3 Å². The minimum Gasteiger partial charge on any atom is -0.494 e. The molecule has 0 bridgehead atoms. The summed E-state index contributed by atoms with van der Waals surface area (Å²) in [5, 5.41) is 4.24. The largest absolute Gasteiger partial charge is 0.494 e. The van der Waals surface area contributed by atoms with Crippen molar-refractivity contribution in [2.75, 3.05) is 6.61 Å². The van der Waals surface area contributed by atoms with Gasteiger partial charge >= 0.3 is 0 Å². The number of benzene rings is 2. The maximum Gasteiger partial charge on any atom is 0.289 e. The Bertz CT molecular complexity index is 1050. The molecule has 0 N–H and O–H groups in total. The van der Waals surface area contributed by atoms with E-state index in [4.69, 9.17) is 21.1 Å². The van der Waals surface area contributed by atoms with Crippen LogP contribution in [0.15, 0.2) is 59.5 Å². The Morgan fingerprint density at radius 1 is 0.968 bits per heavy atom. The molecule has 6 heteroatoms. The summed E-state index contributed by atoms with van der Waals surface area (Å²) in [6.07, 6.45) is 3.67. The van der Waals surface area contributed by atoms with Crippen molar-refractivity contribution >= 4 is 11.6 Å². The van der Waals surface area contributed by atoms with Crippen LogP contribution in [-0.2, 0) is 12.1 Å². The zero-order valence-electron chi connectivity index (χ0n) is 18.5. The van der Waals surface area contributed by atoms with Crippen molar-refractivity contribution in [2.24, 2.45) is 0 Å². The van der Waals surface area contributed by atoms with Crippen molar-refractivity contribution in [3.63, 3.8) is 0 Å². The van der Waals surface area contributed by atoms with Crippen molar-refractivity contribution in [2.45, 2.75) is 52.7 Å². The van der Waals surface area contributed by atoms with E-state index in [1.165, 1.54) is 10.9 Å². The molecular weight excluding hydrogens is 412 g/mol. The molecule has 0 aliphatic carbocycles. The van der Waals surface area contributed by atoms with E-state index in [1.54, 1.807) is 0 Å². The highest BCUT2D eigenvalue weighted by Gasteiger charge is 2.20. The van der Waals surface area contributed by atoms with E-state index in [1.807, 2.05) is 57.2 Å². The fraction of sp³-hybridized carbons (Fsp3) is 0.360. The molecule has 0 aliphatic rings. The fourth-order valence-corrected chi connectivity index (χ4v) is 3.21. The molecule has 1 heterocycles. The first-order chi connectivity index (χ1) is 14.8. The van der Waals surface area contributed by atoms with Crippen molar-refractivity contribution < 1.29 is 9.47 Å². The van der Waals surface area contributed by atoms with E-state index in [9.17, 15) is 4.79 Å². The summed E-state index contributed by atoms with van der Waals surface area (Å²) in [6.45, 7) is 8.88. The van der Waals surface area contributed by atoms with E-state index < -0.39 is 5.54 Å². The van der Waals surface area contributed by atoms with Gasteiger partial charge in [-0.3, -0.25) is 4.79 Å². The molecule has 0 radical (unpaired) electrons. The van der Waals surface area contributed by atoms with Gasteiger partial charge in [0.2, 0.25) is 0 Å². The third-order valence-corrected chi connectivity index (χ3v) is 5.17.